The number of carboxylic acids is 1. The number of carboxylic acid groups (broad SMARTS) is 1. The molecule has 8 nitrogen and oxygen atoms in total. The van der Waals surface area contributed by atoms with Crippen molar-refractivity contribution in [2.24, 2.45) is 0 Å². The Morgan fingerprint density at radius 3 is 2.80 bits per heavy atom. The van der Waals surface area contributed by atoms with E-state index in [9.17, 15) is 13.2 Å². The molecule has 0 radical (unpaired) electrons. The first-order valence-corrected chi connectivity index (χ1v) is 9.23. The Morgan fingerprint density at radius 1 is 1.40 bits per heavy atom. The second-order valence-corrected chi connectivity index (χ2v) is 7.84. The highest BCUT2D eigenvalue weighted by atomic mass is 32.2. The van der Waals surface area contributed by atoms with Crippen LogP contribution in [-0.4, -0.2) is 54.5 Å². The van der Waals surface area contributed by atoms with Crippen molar-refractivity contribution >= 4 is 16.0 Å². The second-order valence-electron chi connectivity index (χ2n) is 5.93. The van der Waals surface area contributed by atoms with E-state index in [0.29, 0.717) is 22.8 Å². The maximum atomic E-state index is 13.0. The fourth-order valence-corrected chi connectivity index (χ4v) is 4.48. The zero-order valence-electron chi connectivity index (χ0n) is 13.9. The number of benzene rings is 1. The van der Waals surface area contributed by atoms with Crippen molar-refractivity contribution in [2.75, 3.05) is 19.6 Å². The summed E-state index contributed by atoms with van der Waals surface area (Å²) < 4.78 is 32.7. The van der Waals surface area contributed by atoms with Crippen LogP contribution < -0.4 is 5.32 Å². The van der Waals surface area contributed by atoms with E-state index in [1.54, 1.807) is 38.2 Å². The lowest BCUT2D eigenvalue weighted by molar-refractivity contribution is -0.140. The molecule has 9 heteroatoms. The average molecular weight is 365 g/mol. The number of nitrogens with one attached hydrogen (secondary N) is 1. The number of aliphatic carboxylic acids is 1. The van der Waals surface area contributed by atoms with Crippen LogP contribution in [0.1, 0.15) is 11.5 Å². The van der Waals surface area contributed by atoms with Crippen molar-refractivity contribution in [3.8, 4) is 11.3 Å². The van der Waals surface area contributed by atoms with Crippen LogP contribution in [0.2, 0.25) is 0 Å². The van der Waals surface area contributed by atoms with Gasteiger partial charge in [-0.15, -0.1) is 0 Å². The van der Waals surface area contributed by atoms with Crippen molar-refractivity contribution in [3.63, 3.8) is 0 Å². The summed E-state index contributed by atoms with van der Waals surface area (Å²) in [7, 11) is -3.81. The van der Waals surface area contributed by atoms with Crippen molar-refractivity contribution in [1.29, 1.82) is 0 Å². The summed E-state index contributed by atoms with van der Waals surface area (Å²) in [4.78, 5) is 15.3. The number of rotatable bonds is 4. The van der Waals surface area contributed by atoms with Gasteiger partial charge in [-0.25, -0.2) is 13.4 Å². The Balaban J connectivity index is 1.98. The molecule has 134 valence electrons. The molecule has 1 aliphatic heterocycles. The summed E-state index contributed by atoms with van der Waals surface area (Å²) in [5.74, 6) is -0.0911. The number of nitrogens with zero attached hydrogens (tertiary/aromatic N) is 2. The van der Waals surface area contributed by atoms with E-state index in [2.05, 4.69) is 10.3 Å². The quantitative estimate of drug-likeness (QED) is 0.831. The third kappa shape index (κ3) is 3.44. The van der Waals surface area contributed by atoms with Crippen LogP contribution in [0.5, 0.6) is 0 Å². The molecule has 0 aliphatic carbocycles. The van der Waals surface area contributed by atoms with Gasteiger partial charge in [-0.1, -0.05) is 12.1 Å². The lowest BCUT2D eigenvalue weighted by atomic mass is 10.1. The molecule has 1 aromatic heterocycles. The van der Waals surface area contributed by atoms with Crippen LogP contribution >= 0.6 is 0 Å². The van der Waals surface area contributed by atoms with Crippen molar-refractivity contribution in [1.82, 2.24) is 14.6 Å². The molecule has 1 aromatic carbocycles. The Labute approximate surface area is 145 Å². The molecule has 1 atom stereocenters. The van der Waals surface area contributed by atoms with Gasteiger partial charge < -0.3 is 14.8 Å². The molecule has 3 rings (SSSR count). The zero-order chi connectivity index (χ0) is 18.2. The van der Waals surface area contributed by atoms with Crippen LogP contribution in [0.25, 0.3) is 11.3 Å². The Bertz CT molecular complexity index is 906. The second kappa shape index (κ2) is 6.58. The molecule has 2 aromatic rings. The first-order valence-electron chi connectivity index (χ1n) is 7.79. The normalized spacial score (nSPS) is 19.0. The first-order chi connectivity index (χ1) is 11.8. The number of carbonyl (C=O) groups is 1. The van der Waals surface area contributed by atoms with Crippen molar-refractivity contribution < 1.29 is 22.7 Å². The highest BCUT2D eigenvalue weighted by molar-refractivity contribution is 7.89. The van der Waals surface area contributed by atoms with E-state index in [1.807, 2.05) is 0 Å². The number of aromatic nitrogens is 1. The summed E-state index contributed by atoms with van der Waals surface area (Å²) in [5.41, 5.74) is 1.19. The lowest BCUT2D eigenvalue weighted by Gasteiger charge is -2.31. The van der Waals surface area contributed by atoms with Gasteiger partial charge in [-0.05, 0) is 18.6 Å². The fraction of sp³-hybridized carbons (Fsp3) is 0.375. The number of piperazine rings is 1. The smallest absolute Gasteiger partial charge is 0.322 e. The highest BCUT2D eigenvalue weighted by Crippen LogP contribution is 2.28. The minimum atomic E-state index is -3.81. The molecule has 1 aliphatic rings. The molecule has 0 spiro atoms. The van der Waals surface area contributed by atoms with Crippen molar-refractivity contribution in [2.45, 2.75) is 24.8 Å². The van der Waals surface area contributed by atoms with Gasteiger partial charge >= 0.3 is 5.97 Å². The predicted molar refractivity (Wildman–Crippen MR) is 89.6 cm³/mol. The van der Waals surface area contributed by atoms with Gasteiger partial charge in [0.05, 0.1) is 11.1 Å². The van der Waals surface area contributed by atoms with E-state index < -0.39 is 22.0 Å². The molecule has 1 saturated heterocycles. The maximum Gasteiger partial charge on any atom is 0.322 e. The Kier molecular flexibility index (Phi) is 4.63. The topological polar surface area (TPSA) is 113 Å². The lowest BCUT2D eigenvalue weighted by Crippen LogP contribution is -2.55. The molecule has 0 saturated carbocycles. The molecule has 2 N–H and O–H groups in total. The van der Waals surface area contributed by atoms with E-state index >= 15 is 0 Å². The number of oxazole rings is 1. The van der Waals surface area contributed by atoms with E-state index in [0.717, 1.165) is 0 Å². The predicted octanol–water partition coefficient (Wildman–Crippen LogP) is 1.01. The summed E-state index contributed by atoms with van der Waals surface area (Å²) >= 11 is 0. The SMILES string of the molecule is Cc1ncc(-c2ccc(C)c(S(=O)(=O)N3CCN[C@H](C(=O)O)C3)c2)o1. The maximum absolute atomic E-state index is 13.0. The van der Waals surface area contributed by atoms with Gasteiger partial charge in [-0.2, -0.15) is 4.31 Å². The molecular weight excluding hydrogens is 346 g/mol. The van der Waals surface area contributed by atoms with Crippen molar-refractivity contribution in [3.05, 3.63) is 35.9 Å². The van der Waals surface area contributed by atoms with Crippen LogP contribution in [0.3, 0.4) is 0 Å². The molecule has 2 heterocycles. The molecule has 0 unspecified atom stereocenters. The average Bonchev–Trinajstić information content (AvgIpc) is 3.01. The Morgan fingerprint density at radius 2 is 2.16 bits per heavy atom. The minimum Gasteiger partial charge on any atom is -0.480 e. The highest BCUT2D eigenvalue weighted by Gasteiger charge is 2.34. The number of sulfonamides is 1. The first kappa shape index (κ1) is 17.6. The fourth-order valence-electron chi connectivity index (χ4n) is 2.77. The summed E-state index contributed by atoms with van der Waals surface area (Å²) in [6.45, 7) is 3.82. The monoisotopic (exact) mass is 365 g/mol. The Hall–Kier alpha value is -2.23. The van der Waals surface area contributed by atoms with Gasteiger partial charge in [0.15, 0.2) is 11.7 Å². The third-order valence-electron chi connectivity index (χ3n) is 4.15. The van der Waals surface area contributed by atoms with E-state index in [-0.39, 0.29) is 24.5 Å². The van der Waals surface area contributed by atoms with Gasteiger partial charge in [0.2, 0.25) is 10.0 Å². The van der Waals surface area contributed by atoms with Crippen LogP contribution in [0, 0.1) is 13.8 Å². The summed E-state index contributed by atoms with van der Waals surface area (Å²) in [6.07, 6.45) is 1.54. The van der Waals surface area contributed by atoms with Gasteiger partial charge in [0.25, 0.3) is 0 Å². The summed E-state index contributed by atoms with van der Waals surface area (Å²) in [6, 6.07) is 4.11. The number of aryl methyl sites for hydroxylation is 2. The molecule has 0 amide bonds. The molecule has 1 fully saturated rings. The largest absolute Gasteiger partial charge is 0.480 e. The number of hydrogen-bond donors (Lipinski definition) is 2. The van der Waals surface area contributed by atoms with E-state index in [1.165, 1.54) is 4.31 Å². The third-order valence-corrected chi connectivity index (χ3v) is 6.16. The summed E-state index contributed by atoms with van der Waals surface area (Å²) in [5, 5.41) is 11.9. The van der Waals surface area contributed by atoms with Gasteiger partial charge in [-0.3, -0.25) is 4.79 Å². The molecular formula is C16H19N3O5S. The van der Waals surface area contributed by atoms with Crippen LogP contribution in [-0.2, 0) is 14.8 Å². The van der Waals surface area contributed by atoms with Crippen LogP contribution in [0.15, 0.2) is 33.7 Å². The zero-order valence-corrected chi connectivity index (χ0v) is 14.7. The molecule has 25 heavy (non-hydrogen) atoms. The van der Waals surface area contributed by atoms with E-state index in [4.69, 9.17) is 9.52 Å². The van der Waals surface area contributed by atoms with Gasteiger partial charge in [0, 0.05) is 32.1 Å². The van der Waals surface area contributed by atoms with Gasteiger partial charge in [0.1, 0.15) is 6.04 Å². The standard InChI is InChI=1S/C16H19N3O5S/c1-10-3-4-12(14-8-18-11(2)24-14)7-15(10)25(22,23)19-6-5-17-13(9-19)16(20)21/h3-4,7-8,13,17H,5-6,9H2,1-2H3,(H,20,21)/t13-/m0/s1. The molecule has 0 bridgehead atoms. The van der Waals surface area contributed by atoms with Crippen LogP contribution in [0.4, 0.5) is 0 Å². The number of hydrogen-bond acceptors (Lipinski definition) is 6. The minimum absolute atomic E-state index is 0.108.